The molecule has 0 bridgehead atoms. The zero-order valence-corrected chi connectivity index (χ0v) is 20.0. The Bertz CT molecular complexity index is 1320. The molecule has 2 unspecified atom stereocenters. The molecule has 2 atom stereocenters. The molecule has 0 amide bonds. The SMILES string of the molecule is CCC1COc2c(C)c(O)c(Cc3c(O)c(C#N)c4c(c3O)C(=O)CC(C)(CC)O4)c(O)c2C1=O. The molecule has 2 aromatic carbocycles. The number of carbonyl (C=O) groups is 2. The summed E-state index contributed by atoms with van der Waals surface area (Å²) in [6, 6.07) is 1.83. The molecular weight excluding hydrogens is 454 g/mol. The lowest BCUT2D eigenvalue weighted by Crippen LogP contribution is -2.39. The van der Waals surface area contributed by atoms with E-state index in [1.165, 1.54) is 6.92 Å². The molecule has 4 rings (SSSR count). The van der Waals surface area contributed by atoms with Gasteiger partial charge in [0, 0.05) is 23.1 Å². The van der Waals surface area contributed by atoms with E-state index in [0.29, 0.717) is 12.8 Å². The van der Waals surface area contributed by atoms with E-state index in [2.05, 4.69) is 0 Å². The summed E-state index contributed by atoms with van der Waals surface area (Å²) in [5.74, 6) is -3.56. The van der Waals surface area contributed by atoms with Crippen LogP contribution in [-0.2, 0) is 6.42 Å². The molecule has 184 valence electrons. The number of Topliss-reactive ketones (excluding diaryl/α,β-unsaturated/α-hetero) is 2. The third kappa shape index (κ3) is 3.52. The van der Waals surface area contributed by atoms with Gasteiger partial charge in [0.25, 0.3) is 0 Å². The zero-order valence-electron chi connectivity index (χ0n) is 20.0. The van der Waals surface area contributed by atoms with E-state index in [4.69, 9.17) is 9.47 Å². The summed E-state index contributed by atoms with van der Waals surface area (Å²) in [6.45, 7) is 6.98. The van der Waals surface area contributed by atoms with Gasteiger partial charge in [0.05, 0.1) is 18.9 Å². The van der Waals surface area contributed by atoms with E-state index >= 15 is 0 Å². The highest BCUT2D eigenvalue weighted by Gasteiger charge is 2.41. The molecule has 0 spiro atoms. The van der Waals surface area contributed by atoms with Crippen molar-refractivity contribution in [2.24, 2.45) is 5.92 Å². The summed E-state index contributed by atoms with van der Waals surface area (Å²) >= 11 is 0. The Morgan fingerprint density at radius 2 is 1.63 bits per heavy atom. The third-order valence-electron chi connectivity index (χ3n) is 7.14. The molecule has 0 fully saturated rings. The summed E-state index contributed by atoms with van der Waals surface area (Å²) in [4.78, 5) is 25.9. The molecule has 2 heterocycles. The molecule has 2 aromatic rings. The summed E-state index contributed by atoms with van der Waals surface area (Å²) in [7, 11) is 0. The normalized spacial score (nSPS) is 20.9. The predicted octanol–water partition coefficient (Wildman–Crippen LogP) is 4.02. The Hall–Kier alpha value is -3.93. The van der Waals surface area contributed by atoms with Gasteiger partial charge in [-0.25, -0.2) is 0 Å². The van der Waals surface area contributed by atoms with Crippen LogP contribution < -0.4 is 9.47 Å². The molecule has 9 nitrogen and oxygen atoms in total. The fraction of sp³-hybridized carbons (Fsp3) is 0.423. The van der Waals surface area contributed by atoms with Crippen LogP contribution in [0.25, 0.3) is 0 Å². The Labute approximate surface area is 202 Å². The number of phenolic OH excluding ortho intramolecular Hbond substituents is 4. The van der Waals surface area contributed by atoms with Crippen molar-refractivity contribution < 1.29 is 39.5 Å². The average molecular weight is 482 g/mol. The Balaban J connectivity index is 1.92. The second-order valence-corrected chi connectivity index (χ2v) is 9.33. The second kappa shape index (κ2) is 8.38. The van der Waals surface area contributed by atoms with Gasteiger partial charge in [-0.15, -0.1) is 0 Å². The molecule has 0 saturated carbocycles. The van der Waals surface area contributed by atoms with Crippen LogP contribution >= 0.6 is 0 Å². The topological polar surface area (TPSA) is 157 Å². The van der Waals surface area contributed by atoms with Crippen LogP contribution in [0.4, 0.5) is 0 Å². The van der Waals surface area contributed by atoms with Crippen LogP contribution in [0.3, 0.4) is 0 Å². The van der Waals surface area contributed by atoms with Gasteiger partial charge < -0.3 is 29.9 Å². The van der Waals surface area contributed by atoms with Crippen LogP contribution in [-0.4, -0.2) is 44.2 Å². The molecule has 0 radical (unpaired) electrons. The van der Waals surface area contributed by atoms with Crippen LogP contribution in [0.1, 0.15) is 83.0 Å². The lowest BCUT2D eigenvalue weighted by molar-refractivity contribution is 0.0489. The summed E-state index contributed by atoms with van der Waals surface area (Å²) in [5, 5.41) is 53.5. The van der Waals surface area contributed by atoms with Gasteiger partial charge in [-0.2, -0.15) is 5.26 Å². The van der Waals surface area contributed by atoms with Gasteiger partial charge in [-0.05, 0) is 26.7 Å². The number of nitriles is 1. The second-order valence-electron chi connectivity index (χ2n) is 9.33. The van der Waals surface area contributed by atoms with Crippen molar-refractivity contribution in [2.75, 3.05) is 6.61 Å². The maximum Gasteiger partial charge on any atom is 0.176 e. The summed E-state index contributed by atoms with van der Waals surface area (Å²) in [6.07, 6.45) is 0.437. The number of ketones is 2. The van der Waals surface area contributed by atoms with Crippen LogP contribution in [0.5, 0.6) is 34.5 Å². The molecule has 0 aromatic heterocycles. The Morgan fingerprint density at radius 3 is 2.23 bits per heavy atom. The number of rotatable bonds is 4. The van der Waals surface area contributed by atoms with E-state index < -0.39 is 41.0 Å². The first-order valence-electron chi connectivity index (χ1n) is 11.5. The number of hydrogen-bond donors (Lipinski definition) is 4. The van der Waals surface area contributed by atoms with Gasteiger partial charge in [-0.3, -0.25) is 9.59 Å². The summed E-state index contributed by atoms with van der Waals surface area (Å²) < 4.78 is 11.5. The third-order valence-corrected chi connectivity index (χ3v) is 7.14. The minimum absolute atomic E-state index is 0.0438. The lowest BCUT2D eigenvalue weighted by Gasteiger charge is -2.35. The Morgan fingerprint density at radius 1 is 1.00 bits per heavy atom. The maximum absolute atomic E-state index is 13.0. The van der Waals surface area contributed by atoms with Crippen molar-refractivity contribution in [1.82, 2.24) is 0 Å². The van der Waals surface area contributed by atoms with Crippen LogP contribution in [0, 0.1) is 24.2 Å². The highest BCUT2D eigenvalue weighted by atomic mass is 16.5. The van der Waals surface area contributed by atoms with Gasteiger partial charge in [0.1, 0.15) is 57.1 Å². The van der Waals surface area contributed by atoms with E-state index in [-0.39, 0.29) is 69.4 Å². The van der Waals surface area contributed by atoms with Crippen LogP contribution in [0.15, 0.2) is 0 Å². The quantitative estimate of drug-likeness (QED) is 0.506. The molecule has 0 saturated heterocycles. The number of nitrogens with zero attached hydrogens (tertiary/aromatic N) is 1. The van der Waals surface area contributed by atoms with Crippen molar-refractivity contribution in [3.63, 3.8) is 0 Å². The van der Waals surface area contributed by atoms with E-state index in [1.807, 2.05) is 19.9 Å². The molecular formula is C26H27NO8. The van der Waals surface area contributed by atoms with Gasteiger partial charge in [0.15, 0.2) is 17.3 Å². The van der Waals surface area contributed by atoms with E-state index in [0.717, 1.165) is 0 Å². The minimum atomic E-state index is -0.904. The van der Waals surface area contributed by atoms with Crippen molar-refractivity contribution in [3.05, 3.63) is 33.4 Å². The number of benzene rings is 2. The number of aromatic hydroxyl groups is 4. The molecule has 2 aliphatic rings. The molecule has 2 aliphatic heterocycles. The Kier molecular flexibility index (Phi) is 5.79. The number of ether oxygens (including phenoxy) is 2. The number of fused-ring (bicyclic) bond motifs is 2. The largest absolute Gasteiger partial charge is 0.507 e. The highest BCUT2D eigenvalue weighted by Crippen LogP contribution is 2.51. The number of phenols is 4. The van der Waals surface area contributed by atoms with Crippen molar-refractivity contribution in [3.8, 4) is 40.6 Å². The van der Waals surface area contributed by atoms with Gasteiger partial charge in [0.2, 0.25) is 0 Å². The lowest BCUT2D eigenvalue weighted by atomic mass is 9.84. The first-order chi connectivity index (χ1) is 16.5. The zero-order chi connectivity index (χ0) is 25.8. The fourth-order valence-corrected chi connectivity index (χ4v) is 4.71. The molecule has 4 N–H and O–H groups in total. The maximum atomic E-state index is 13.0. The first kappa shape index (κ1) is 24.2. The molecule has 0 aliphatic carbocycles. The number of carbonyl (C=O) groups excluding carboxylic acids is 2. The monoisotopic (exact) mass is 481 g/mol. The smallest absolute Gasteiger partial charge is 0.176 e. The fourth-order valence-electron chi connectivity index (χ4n) is 4.71. The van der Waals surface area contributed by atoms with Crippen molar-refractivity contribution in [2.45, 2.75) is 59.0 Å². The average Bonchev–Trinajstić information content (AvgIpc) is 2.81. The van der Waals surface area contributed by atoms with Crippen LogP contribution in [0.2, 0.25) is 0 Å². The summed E-state index contributed by atoms with van der Waals surface area (Å²) in [5.41, 5.74) is -1.74. The van der Waals surface area contributed by atoms with Crippen molar-refractivity contribution in [1.29, 1.82) is 5.26 Å². The highest BCUT2D eigenvalue weighted by molar-refractivity contribution is 6.06. The van der Waals surface area contributed by atoms with Gasteiger partial charge >= 0.3 is 0 Å². The minimum Gasteiger partial charge on any atom is -0.507 e. The van der Waals surface area contributed by atoms with E-state index in [1.54, 1.807) is 6.92 Å². The first-order valence-corrected chi connectivity index (χ1v) is 11.5. The van der Waals surface area contributed by atoms with E-state index in [9.17, 15) is 35.3 Å². The predicted molar refractivity (Wildman–Crippen MR) is 124 cm³/mol. The van der Waals surface area contributed by atoms with Gasteiger partial charge in [-0.1, -0.05) is 13.8 Å². The molecule has 9 heteroatoms. The number of hydrogen-bond acceptors (Lipinski definition) is 9. The van der Waals surface area contributed by atoms with Crippen molar-refractivity contribution >= 4 is 11.6 Å². The standard InChI is InChI=1S/C26H27NO8/c1-5-12-10-34-24-11(3)19(29)13(23(33)18(24)20(12)30)7-14-21(31)15(9-27)25-17(22(14)32)16(28)8-26(4,6-2)35-25/h12,29,31-33H,5-8,10H2,1-4H3. The molecule has 35 heavy (non-hydrogen) atoms.